The molecule has 2 aliphatic rings. The number of guanidine groups is 1. The number of rotatable bonds is 4. The zero-order valence-electron chi connectivity index (χ0n) is 16.1. The number of amides is 1. The first kappa shape index (κ1) is 19.1. The largest absolute Gasteiger partial charge is 0.352 e. The lowest BCUT2D eigenvalue weighted by atomic mass is 10.1. The van der Waals surface area contributed by atoms with E-state index in [4.69, 9.17) is 0 Å². The number of nitrogens with one attached hydrogen (secondary N) is 1. The van der Waals surface area contributed by atoms with Crippen molar-refractivity contribution in [3.05, 3.63) is 35.4 Å². The normalized spacial score (nSPS) is 20.6. The molecular formula is C20H30N4OS. The molecule has 0 unspecified atom stereocenters. The molecule has 26 heavy (non-hydrogen) atoms. The Kier molecular flexibility index (Phi) is 6.12. The number of hydrogen-bond acceptors (Lipinski definition) is 3. The molecule has 1 N–H and O–H groups in total. The van der Waals surface area contributed by atoms with Gasteiger partial charge in [0.25, 0.3) is 0 Å². The molecule has 6 heteroatoms. The summed E-state index contributed by atoms with van der Waals surface area (Å²) in [6, 6.07) is 8.40. The minimum atomic E-state index is 0.254. The van der Waals surface area contributed by atoms with Crippen LogP contribution in [0.15, 0.2) is 29.3 Å². The highest BCUT2D eigenvalue weighted by Crippen LogP contribution is 2.29. The number of carbonyl (C=O) groups excluding carboxylic acids is 1. The molecule has 142 valence electrons. The van der Waals surface area contributed by atoms with Crippen LogP contribution in [0.5, 0.6) is 0 Å². The van der Waals surface area contributed by atoms with Crippen LogP contribution >= 0.6 is 11.8 Å². The van der Waals surface area contributed by atoms with Crippen molar-refractivity contribution in [2.75, 3.05) is 32.4 Å². The van der Waals surface area contributed by atoms with Gasteiger partial charge in [-0.2, -0.15) is 11.8 Å². The minimum absolute atomic E-state index is 0.254. The van der Waals surface area contributed by atoms with E-state index in [1.165, 1.54) is 11.1 Å². The molecule has 5 nitrogen and oxygen atoms in total. The Balaban J connectivity index is 1.64. The smallest absolute Gasteiger partial charge is 0.222 e. The number of nitrogens with zero attached hydrogens (tertiary/aromatic N) is 3. The maximum atomic E-state index is 12.0. The van der Waals surface area contributed by atoms with Gasteiger partial charge in [-0.3, -0.25) is 9.79 Å². The van der Waals surface area contributed by atoms with Gasteiger partial charge in [-0.1, -0.05) is 24.3 Å². The van der Waals surface area contributed by atoms with Gasteiger partial charge in [0.1, 0.15) is 0 Å². The van der Waals surface area contributed by atoms with Gasteiger partial charge < -0.3 is 15.1 Å². The Morgan fingerprint density at radius 3 is 2.69 bits per heavy atom. The molecule has 1 amide bonds. The van der Waals surface area contributed by atoms with Crippen molar-refractivity contribution in [2.24, 2.45) is 4.99 Å². The first-order valence-corrected chi connectivity index (χ1v) is 10.4. The van der Waals surface area contributed by atoms with Gasteiger partial charge in [0.15, 0.2) is 5.96 Å². The molecule has 3 rings (SSSR count). The fraction of sp³-hybridized carbons (Fsp3) is 0.600. The summed E-state index contributed by atoms with van der Waals surface area (Å²) >= 11 is 2.02. The lowest BCUT2D eigenvalue weighted by Crippen LogP contribution is -2.50. The molecule has 2 heterocycles. The van der Waals surface area contributed by atoms with Gasteiger partial charge in [0.2, 0.25) is 5.91 Å². The van der Waals surface area contributed by atoms with Crippen molar-refractivity contribution >= 4 is 23.6 Å². The zero-order valence-corrected chi connectivity index (χ0v) is 16.9. The maximum absolute atomic E-state index is 12.0. The Morgan fingerprint density at radius 1 is 1.27 bits per heavy atom. The highest BCUT2D eigenvalue weighted by molar-refractivity contribution is 8.00. The van der Waals surface area contributed by atoms with Crippen LogP contribution in [0.3, 0.4) is 0 Å². The second kappa shape index (κ2) is 8.33. The van der Waals surface area contributed by atoms with E-state index in [0.29, 0.717) is 13.0 Å². The van der Waals surface area contributed by atoms with Crippen LogP contribution in [0, 0.1) is 0 Å². The Morgan fingerprint density at radius 2 is 2.04 bits per heavy atom. The molecule has 0 spiro atoms. The van der Waals surface area contributed by atoms with Gasteiger partial charge in [-0.05, 0) is 31.4 Å². The first-order chi connectivity index (χ1) is 12.5. The molecule has 1 aromatic rings. The summed E-state index contributed by atoms with van der Waals surface area (Å²) in [5.74, 6) is 2.36. The fourth-order valence-corrected chi connectivity index (χ4v) is 4.78. The van der Waals surface area contributed by atoms with Crippen LogP contribution in [0.1, 0.15) is 37.8 Å². The maximum Gasteiger partial charge on any atom is 0.222 e. The molecule has 0 saturated carbocycles. The monoisotopic (exact) mass is 374 g/mol. The van der Waals surface area contributed by atoms with E-state index in [-0.39, 0.29) is 10.7 Å². The Hall–Kier alpha value is -1.69. The van der Waals surface area contributed by atoms with Crippen molar-refractivity contribution in [3.8, 4) is 0 Å². The topological polar surface area (TPSA) is 47.9 Å². The fourth-order valence-electron chi connectivity index (χ4n) is 3.66. The van der Waals surface area contributed by atoms with Crippen molar-refractivity contribution in [1.29, 1.82) is 0 Å². The summed E-state index contributed by atoms with van der Waals surface area (Å²) in [7, 11) is 1.85. The molecule has 0 aromatic heterocycles. The van der Waals surface area contributed by atoms with Crippen LogP contribution in [0.4, 0.5) is 0 Å². The summed E-state index contributed by atoms with van der Waals surface area (Å²) in [6.45, 7) is 8.93. The van der Waals surface area contributed by atoms with Crippen LogP contribution in [-0.2, 0) is 17.9 Å². The van der Waals surface area contributed by atoms with E-state index in [9.17, 15) is 4.79 Å². The highest BCUT2D eigenvalue weighted by Gasteiger charge is 2.28. The summed E-state index contributed by atoms with van der Waals surface area (Å²) in [5, 5.41) is 3.53. The van der Waals surface area contributed by atoms with E-state index in [1.54, 1.807) is 0 Å². The molecule has 2 fully saturated rings. The van der Waals surface area contributed by atoms with Gasteiger partial charge >= 0.3 is 0 Å². The van der Waals surface area contributed by atoms with Crippen LogP contribution in [0.2, 0.25) is 0 Å². The molecular weight excluding hydrogens is 344 g/mol. The quantitative estimate of drug-likeness (QED) is 0.650. The van der Waals surface area contributed by atoms with Gasteiger partial charge in [-0.15, -0.1) is 0 Å². The molecule has 0 bridgehead atoms. The van der Waals surface area contributed by atoms with E-state index >= 15 is 0 Å². The van der Waals surface area contributed by atoms with Crippen molar-refractivity contribution in [2.45, 2.75) is 44.5 Å². The minimum Gasteiger partial charge on any atom is -0.352 e. The van der Waals surface area contributed by atoms with Crippen LogP contribution < -0.4 is 5.32 Å². The summed E-state index contributed by atoms with van der Waals surface area (Å²) in [4.78, 5) is 20.8. The van der Waals surface area contributed by atoms with Crippen molar-refractivity contribution in [1.82, 2.24) is 15.1 Å². The molecule has 0 radical (unpaired) electrons. The van der Waals surface area contributed by atoms with E-state index in [1.807, 2.05) is 23.7 Å². The van der Waals surface area contributed by atoms with Crippen molar-refractivity contribution in [3.63, 3.8) is 0 Å². The third-order valence-electron chi connectivity index (χ3n) is 5.02. The first-order valence-electron chi connectivity index (χ1n) is 9.42. The third-order valence-corrected chi connectivity index (χ3v) is 6.32. The number of likely N-dealkylation sites (tertiary alicyclic amines) is 1. The average molecular weight is 375 g/mol. The number of thioether (sulfide) groups is 1. The summed E-state index contributed by atoms with van der Waals surface area (Å²) < 4.78 is 0.254. The van der Waals surface area contributed by atoms with Gasteiger partial charge in [0.05, 0.1) is 0 Å². The number of carbonyl (C=O) groups is 1. The standard InChI is InChI=1S/C20H30N4OS/c1-20(2)15-24(11-12-26-20)19(21-3)22-13-16-7-4-5-8-17(16)14-23-10-6-9-18(23)25/h4-5,7-8H,6,9-15H2,1-3H3,(H,21,22). The van der Waals surface area contributed by atoms with Crippen LogP contribution in [0.25, 0.3) is 0 Å². The van der Waals surface area contributed by atoms with Crippen LogP contribution in [-0.4, -0.2) is 58.8 Å². The summed E-state index contributed by atoms with van der Waals surface area (Å²) in [5.41, 5.74) is 2.46. The molecule has 0 aliphatic carbocycles. The van der Waals surface area contributed by atoms with Crippen molar-refractivity contribution < 1.29 is 4.79 Å². The average Bonchev–Trinajstić information content (AvgIpc) is 3.01. The summed E-state index contributed by atoms with van der Waals surface area (Å²) in [6.07, 6.45) is 1.67. The molecule has 1 aromatic carbocycles. The van der Waals surface area contributed by atoms with E-state index in [0.717, 1.165) is 44.3 Å². The Bertz CT molecular complexity index is 674. The SMILES string of the molecule is CN=C(NCc1ccccc1CN1CCCC1=O)N1CCSC(C)(C)C1. The number of hydrogen-bond donors (Lipinski definition) is 1. The molecule has 0 atom stereocenters. The predicted octanol–water partition coefficient (Wildman–Crippen LogP) is 2.71. The second-order valence-corrected chi connectivity index (χ2v) is 9.42. The third kappa shape index (κ3) is 4.72. The lowest BCUT2D eigenvalue weighted by Gasteiger charge is -2.39. The second-order valence-electron chi connectivity index (χ2n) is 7.62. The number of aliphatic imine (C=N–C) groups is 1. The Labute approximate surface area is 161 Å². The predicted molar refractivity (Wildman–Crippen MR) is 109 cm³/mol. The van der Waals surface area contributed by atoms with Gasteiger partial charge in [0, 0.05) is 56.7 Å². The van der Waals surface area contributed by atoms with Gasteiger partial charge in [-0.25, -0.2) is 0 Å². The molecule has 2 aliphatic heterocycles. The highest BCUT2D eigenvalue weighted by atomic mass is 32.2. The molecule has 2 saturated heterocycles. The lowest BCUT2D eigenvalue weighted by molar-refractivity contribution is -0.128. The van der Waals surface area contributed by atoms with E-state index in [2.05, 4.69) is 53.3 Å². The number of benzene rings is 1. The van der Waals surface area contributed by atoms with E-state index < -0.39 is 0 Å². The zero-order chi connectivity index (χ0) is 18.6.